The maximum Gasteiger partial charge on any atom is 0.234 e. The van der Waals surface area contributed by atoms with Gasteiger partial charge in [-0.25, -0.2) is 0 Å². The SMILES string of the molecule is C#CCNCC(=O)NC(CC(C)(C)C)c1ccccc1. The molecule has 0 spiro atoms. The molecule has 0 saturated carbocycles. The molecule has 0 aromatic heterocycles. The highest BCUT2D eigenvalue weighted by Gasteiger charge is 2.21. The maximum absolute atomic E-state index is 11.9. The van der Waals surface area contributed by atoms with E-state index in [-0.39, 0.29) is 23.9 Å². The van der Waals surface area contributed by atoms with Crippen molar-refractivity contribution in [2.45, 2.75) is 33.2 Å². The van der Waals surface area contributed by atoms with E-state index in [1.54, 1.807) is 0 Å². The van der Waals surface area contributed by atoms with Crippen molar-refractivity contribution >= 4 is 5.91 Å². The largest absolute Gasteiger partial charge is 0.348 e. The van der Waals surface area contributed by atoms with Crippen molar-refractivity contribution in [3.05, 3.63) is 35.9 Å². The number of carbonyl (C=O) groups is 1. The van der Waals surface area contributed by atoms with Crippen molar-refractivity contribution in [1.29, 1.82) is 0 Å². The Hall–Kier alpha value is -1.79. The predicted molar refractivity (Wildman–Crippen MR) is 83.1 cm³/mol. The van der Waals surface area contributed by atoms with E-state index >= 15 is 0 Å². The van der Waals surface area contributed by atoms with Gasteiger partial charge in [0.15, 0.2) is 0 Å². The molecular formula is C17H24N2O. The molecule has 0 heterocycles. The minimum absolute atomic E-state index is 0.0244. The molecule has 1 atom stereocenters. The molecule has 0 radical (unpaired) electrons. The first-order valence-electron chi connectivity index (χ1n) is 6.91. The van der Waals surface area contributed by atoms with Crippen LogP contribution in [0.15, 0.2) is 30.3 Å². The summed E-state index contributed by atoms with van der Waals surface area (Å²) in [6, 6.07) is 10.1. The van der Waals surface area contributed by atoms with Crippen LogP contribution in [0.5, 0.6) is 0 Å². The van der Waals surface area contributed by atoms with Gasteiger partial charge in [-0.15, -0.1) is 6.42 Å². The van der Waals surface area contributed by atoms with Crippen LogP contribution < -0.4 is 10.6 Å². The number of carbonyl (C=O) groups excluding carboxylic acids is 1. The van der Waals surface area contributed by atoms with Gasteiger partial charge in [-0.2, -0.15) is 0 Å². The summed E-state index contributed by atoms with van der Waals surface area (Å²) in [7, 11) is 0. The van der Waals surface area contributed by atoms with Crippen molar-refractivity contribution in [2.75, 3.05) is 13.1 Å². The number of benzene rings is 1. The van der Waals surface area contributed by atoms with Gasteiger partial charge in [0.25, 0.3) is 0 Å². The smallest absolute Gasteiger partial charge is 0.234 e. The molecule has 1 unspecified atom stereocenters. The van der Waals surface area contributed by atoms with Gasteiger partial charge in [-0.1, -0.05) is 57.0 Å². The quantitative estimate of drug-likeness (QED) is 0.617. The highest BCUT2D eigenvalue weighted by atomic mass is 16.1. The third-order valence-electron chi connectivity index (χ3n) is 2.87. The van der Waals surface area contributed by atoms with Crippen LogP contribution in [0.25, 0.3) is 0 Å². The maximum atomic E-state index is 11.9. The normalized spacial score (nSPS) is 12.5. The molecule has 1 aromatic rings. The molecule has 108 valence electrons. The number of amides is 1. The second-order valence-electron chi connectivity index (χ2n) is 6.10. The lowest BCUT2D eigenvalue weighted by atomic mass is 9.85. The van der Waals surface area contributed by atoms with E-state index in [2.05, 4.69) is 37.3 Å². The van der Waals surface area contributed by atoms with E-state index in [4.69, 9.17) is 6.42 Å². The van der Waals surface area contributed by atoms with Crippen LogP contribution in [0.1, 0.15) is 38.8 Å². The molecule has 20 heavy (non-hydrogen) atoms. The first-order valence-corrected chi connectivity index (χ1v) is 6.91. The molecule has 0 saturated heterocycles. The number of nitrogens with one attached hydrogen (secondary N) is 2. The van der Waals surface area contributed by atoms with Crippen LogP contribution in [0, 0.1) is 17.8 Å². The van der Waals surface area contributed by atoms with Crippen molar-refractivity contribution < 1.29 is 4.79 Å². The Morgan fingerprint density at radius 1 is 1.30 bits per heavy atom. The Balaban J connectivity index is 2.69. The molecule has 0 aliphatic heterocycles. The summed E-state index contributed by atoms with van der Waals surface area (Å²) in [5.74, 6) is 2.43. The molecule has 1 amide bonds. The molecule has 0 aliphatic rings. The highest BCUT2D eigenvalue weighted by Crippen LogP contribution is 2.29. The summed E-state index contributed by atoms with van der Waals surface area (Å²) < 4.78 is 0. The minimum atomic E-state index is -0.0293. The third-order valence-corrected chi connectivity index (χ3v) is 2.87. The summed E-state index contributed by atoms with van der Waals surface area (Å²) in [5.41, 5.74) is 1.27. The first kappa shape index (κ1) is 16.3. The van der Waals surface area contributed by atoms with Crippen LogP contribution in [-0.4, -0.2) is 19.0 Å². The van der Waals surface area contributed by atoms with Crippen molar-refractivity contribution in [3.8, 4) is 12.3 Å². The Morgan fingerprint density at radius 2 is 1.95 bits per heavy atom. The Kier molecular flexibility index (Phi) is 6.27. The van der Waals surface area contributed by atoms with Crippen LogP contribution in [0.2, 0.25) is 0 Å². The van der Waals surface area contributed by atoms with E-state index in [0.29, 0.717) is 6.54 Å². The summed E-state index contributed by atoms with van der Waals surface area (Å²) in [6.45, 7) is 7.17. The van der Waals surface area contributed by atoms with Gasteiger partial charge in [-0.3, -0.25) is 10.1 Å². The Morgan fingerprint density at radius 3 is 2.50 bits per heavy atom. The number of rotatable bonds is 6. The molecule has 0 fully saturated rings. The van der Waals surface area contributed by atoms with E-state index < -0.39 is 0 Å². The van der Waals surface area contributed by atoms with Crippen LogP contribution >= 0.6 is 0 Å². The summed E-state index contributed by atoms with van der Waals surface area (Å²) in [4.78, 5) is 11.9. The molecular weight excluding hydrogens is 248 g/mol. The van der Waals surface area contributed by atoms with Crippen molar-refractivity contribution in [2.24, 2.45) is 5.41 Å². The van der Waals surface area contributed by atoms with E-state index in [0.717, 1.165) is 12.0 Å². The molecule has 0 aliphatic carbocycles. The highest BCUT2D eigenvalue weighted by molar-refractivity contribution is 5.78. The zero-order chi connectivity index (χ0) is 15.0. The van der Waals surface area contributed by atoms with E-state index in [1.165, 1.54) is 0 Å². The van der Waals surface area contributed by atoms with Crippen LogP contribution in [-0.2, 0) is 4.79 Å². The van der Waals surface area contributed by atoms with Gasteiger partial charge in [0, 0.05) is 0 Å². The number of terminal acetylenes is 1. The molecule has 0 bridgehead atoms. The topological polar surface area (TPSA) is 41.1 Å². The van der Waals surface area contributed by atoms with Crippen molar-refractivity contribution in [1.82, 2.24) is 10.6 Å². The van der Waals surface area contributed by atoms with E-state index in [1.807, 2.05) is 30.3 Å². The average Bonchev–Trinajstić information content (AvgIpc) is 2.38. The van der Waals surface area contributed by atoms with Gasteiger partial charge < -0.3 is 5.32 Å². The Labute approximate surface area is 122 Å². The molecule has 1 aromatic carbocycles. The zero-order valence-electron chi connectivity index (χ0n) is 12.6. The second kappa shape index (κ2) is 7.72. The fraction of sp³-hybridized carbons (Fsp3) is 0.471. The minimum Gasteiger partial charge on any atom is -0.348 e. The lowest BCUT2D eigenvalue weighted by Gasteiger charge is -2.27. The van der Waals surface area contributed by atoms with Gasteiger partial charge in [-0.05, 0) is 17.4 Å². The fourth-order valence-electron chi connectivity index (χ4n) is 2.04. The zero-order valence-corrected chi connectivity index (χ0v) is 12.6. The van der Waals surface area contributed by atoms with Gasteiger partial charge >= 0.3 is 0 Å². The monoisotopic (exact) mass is 272 g/mol. The predicted octanol–water partition coefficient (Wildman–Crippen LogP) is 2.50. The van der Waals surface area contributed by atoms with Crippen LogP contribution in [0.4, 0.5) is 0 Å². The van der Waals surface area contributed by atoms with Crippen molar-refractivity contribution in [3.63, 3.8) is 0 Å². The molecule has 3 heteroatoms. The molecule has 1 rings (SSSR count). The first-order chi connectivity index (χ1) is 9.42. The standard InChI is InChI=1S/C17H24N2O/c1-5-11-18-13-16(20)19-15(12-17(2,3)4)14-9-7-6-8-10-14/h1,6-10,15,18H,11-13H2,2-4H3,(H,19,20). The molecule has 3 nitrogen and oxygen atoms in total. The van der Waals surface area contributed by atoms with Gasteiger partial charge in [0.1, 0.15) is 0 Å². The number of hydrogen-bond acceptors (Lipinski definition) is 2. The molecule has 2 N–H and O–H groups in total. The second-order valence-corrected chi connectivity index (χ2v) is 6.10. The van der Waals surface area contributed by atoms with E-state index in [9.17, 15) is 4.79 Å². The van der Waals surface area contributed by atoms with Gasteiger partial charge in [0.2, 0.25) is 5.91 Å². The third kappa shape index (κ3) is 6.40. The van der Waals surface area contributed by atoms with Gasteiger partial charge in [0.05, 0.1) is 19.1 Å². The Bertz CT molecular complexity index is 454. The van der Waals surface area contributed by atoms with Crippen LogP contribution in [0.3, 0.4) is 0 Å². The fourth-order valence-corrected chi connectivity index (χ4v) is 2.04. The average molecular weight is 272 g/mol. The summed E-state index contributed by atoms with van der Waals surface area (Å²) in [5, 5.41) is 5.99. The number of hydrogen-bond donors (Lipinski definition) is 2. The summed E-state index contributed by atoms with van der Waals surface area (Å²) >= 11 is 0. The summed E-state index contributed by atoms with van der Waals surface area (Å²) in [6.07, 6.45) is 6.03. The lowest BCUT2D eigenvalue weighted by molar-refractivity contribution is -0.121. The lowest BCUT2D eigenvalue weighted by Crippen LogP contribution is -2.37.